The van der Waals surface area contributed by atoms with Crippen LogP contribution >= 0.6 is 22.9 Å². The maximum absolute atomic E-state index is 13.0. The average molecular weight is 396 g/mol. The summed E-state index contributed by atoms with van der Waals surface area (Å²) in [7, 11) is 0. The van der Waals surface area contributed by atoms with Gasteiger partial charge in [-0.25, -0.2) is 0 Å². The van der Waals surface area contributed by atoms with Crippen LogP contribution in [0.3, 0.4) is 0 Å². The molecule has 2 heterocycles. The lowest BCUT2D eigenvalue weighted by atomic mass is 9.77. The van der Waals surface area contributed by atoms with Gasteiger partial charge in [-0.1, -0.05) is 11.6 Å². The van der Waals surface area contributed by atoms with Gasteiger partial charge in [-0.15, -0.1) is 11.3 Å². The summed E-state index contributed by atoms with van der Waals surface area (Å²) in [6.07, 6.45) is 2.05. The van der Waals surface area contributed by atoms with Gasteiger partial charge in [-0.05, 0) is 61.0 Å². The van der Waals surface area contributed by atoms with Crippen molar-refractivity contribution < 1.29 is 4.79 Å². The molecule has 2 N–H and O–H groups in total. The standard InChI is InChI=1S/C21H18ClN3OS/c1-12-9-10-27-20(12)18-15(11-23)21(24)25(14-7-5-13(22)6-8-14)16-3-2-4-17(26)19(16)18/h5-10,18H,2-4,24H2,1H3/t18-/m1/s1. The van der Waals surface area contributed by atoms with Crippen LogP contribution in [0.5, 0.6) is 0 Å². The van der Waals surface area contributed by atoms with E-state index in [9.17, 15) is 10.1 Å². The summed E-state index contributed by atoms with van der Waals surface area (Å²) in [5.41, 5.74) is 10.5. The van der Waals surface area contributed by atoms with E-state index in [4.69, 9.17) is 17.3 Å². The molecule has 1 aliphatic carbocycles. The zero-order valence-corrected chi connectivity index (χ0v) is 16.4. The zero-order valence-electron chi connectivity index (χ0n) is 14.8. The first-order valence-electron chi connectivity index (χ1n) is 8.78. The number of allylic oxidation sites excluding steroid dienone is 3. The van der Waals surface area contributed by atoms with E-state index in [-0.39, 0.29) is 11.7 Å². The highest BCUT2D eigenvalue weighted by molar-refractivity contribution is 7.10. The molecule has 136 valence electrons. The molecule has 2 aromatic rings. The van der Waals surface area contributed by atoms with Gasteiger partial charge in [-0.2, -0.15) is 5.26 Å². The number of anilines is 1. The van der Waals surface area contributed by atoms with Crippen molar-refractivity contribution in [3.05, 3.63) is 73.8 Å². The van der Waals surface area contributed by atoms with E-state index in [2.05, 4.69) is 6.07 Å². The minimum absolute atomic E-state index is 0.105. The number of rotatable bonds is 2. The number of benzene rings is 1. The van der Waals surface area contributed by atoms with Crippen molar-refractivity contribution in [1.29, 1.82) is 5.26 Å². The molecule has 2 aliphatic rings. The van der Waals surface area contributed by atoms with Crippen LogP contribution in [0.4, 0.5) is 5.69 Å². The molecular weight excluding hydrogens is 378 g/mol. The molecule has 1 aromatic heterocycles. The first-order valence-corrected chi connectivity index (χ1v) is 10.0. The second-order valence-electron chi connectivity index (χ2n) is 6.76. The van der Waals surface area contributed by atoms with Crippen LogP contribution in [0.2, 0.25) is 5.02 Å². The Morgan fingerprint density at radius 2 is 2.00 bits per heavy atom. The maximum atomic E-state index is 13.0. The Balaban J connectivity index is 1.97. The lowest BCUT2D eigenvalue weighted by molar-refractivity contribution is -0.116. The zero-order chi connectivity index (χ0) is 19.1. The Kier molecular flexibility index (Phi) is 4.55. The number of nitriles is 1. The molecule has 0 saturated carbocycles. The fourth-order valence-electron chi connectivity index (χ4n) is 3.91. The van der Waals surface area contributed by atoms with E-state index in [0.29, 0.717) is 28.4 Å². The van der Waals surface area contributed by atoms with Gasteiger partial charge in [0.25, 0.3) is 0 Å². The SMILES string of the molecule is Cc1ccsc1[C@@H]1C(C#N)=C(N)N(c2ccc(Cl)cc2)C2=C1C(=O)CCC2. The van der Waals surface area contributed by atoms with E-state index in [1.54, 1.807) is 23.5 Å². The molecule has 0 fully saturated rings. The summed E-state index contributed by atoms with van der Waals surface area (Å²) < 4.78 is 0. The first kappa shape index (κ1) is 17.8. The number of nitrogens with zero attached hydrogens (tertiary/aromatic N) is 2. The Bertz CT molecular complexity index is 1030. The van der Waals surface area contributed by atoms with Crippen molar-refractivity contribution in [1.82, 2.24) is 0 Å². The molecule has 4 nitrogen and oxygen atoms in total. The summed E-state index contributed by atoms with van der Waals surface area (Å²) >= 11 is 7.60. The van der Waals surface area contributed by atoms with Crippen LogP contribution in [-0.2, 0) is 4.79 Å². The molecule has 1 aromatic carbocycles. The van der Waals surface area contributed by atoms with Crippen LogP contribution in [0.15, 0.2) is 58.4 Å². The van der Waals surface area contributed by atoms with Crippen LogP contribution in [0, 0.1) is 18.3 Å². The molecule has 0 bridgehead atoms. The molecule has 0 spiro atoms. The van der Waals surface area contributed by atoms with Crippen molar-refractivity contribution in [2.45, 2.75) is 32.1 Å². The predicted molar refractivity (Wildman–Crippen MR) is 108 cm³/mol. The third-order valence-corrected chi connectivity index (χ3v) is 6.50. The first-order chi connectivity index (χ1) is 13.0. The Morgan fingerprint density at radius 3 is 2.63 bits per heavy atom. The third-order valence-electron chi connectivity index (χ3n) is 5.16. The highest BCUT2D eigenvalue weighted by atomic mass is 35.5. The summed E-state index contributed by atoms with van der Waals surface area (Å²) in [5.74, 6) is 0.126. The summed E-state index contributed by atoms with van der Waals surface area (Å²) in [4.78, 5) is 15.9. The largest absolute Gasteiger partial charge is 0.384 e. The van der Waals surface area contributed by atoms with Gasteiger partial charge in [0.1, 0.15) is 5.82 Å². The van der Waals surface area contributed by atoms with Crippen LogP contribution in [0.25, 0.3) is 0 Å². The van der Waals surface area contributed by atoms with Gasteiger partial charge in [0, 0.05) is 33.3 Å². The summed E-state index contributed by atoms with van der Waals surface area (Å²) in [5, 5.41) is 12.6. The van der Waals surface area contributed by atoms with Crippen molar-refractivity contribution in [2.75, 3.05) is 4.90 Å². The number of hydrogen-bond acceptors (Lipinski definition) is 5. The molecule has 4 rings (SSSR count). The van der Waals surface area contributed by atoms with E-state index < -0.39 is 0 Å². The molecule has 6 heteroatoms. The van der Waals surface area contributed by atoms with Gasteiger partial charge in [0.15, 0.2) is 5.78 Å². The quantitative estimate of drug-likeness (QED) is 0.775. The van der Waals surface area contributed by atoms with Crippen molar-refractivity contribution in [3.63, 3.8) is 0 Å². The number of halogens is 1. The van der Waals surface area contributed by atoms with Crippen molar-refractivity contribution >= 4 is 34.4 Å². The maximum Gasteiger partial charge on any atom is 0.161 e. The van der Waals surface area contributed by atoms with E-state index in [0.717, 1.165) is 34.7 Å². The second kappa shape index (κ2) is 6.88. The number of carbonyl (C=O) groups excluding carboxylic acids is 1. The average Bonchev–Trinajstić information content (AvgIpc) is 3.08. The number of thiophene rings is 1. The van der Waals surface area contributed by atoms with Crippen LogP contribution < -0.4 is 10.6 Å². The number of carbonyl (C=O) groups is 1. The smallest absolute Gasteiger partial charge is 0.161 e. The van der Waals surface area contributed by atoms with Gasteiger partial charge < -0.3 is 5.73 Å². The van der Waals surface area contributed by atoms with Gasteiger partial charge in [0.05, 0.1) is 17.6 Å². The number of hydrogen-bond donors (Lipinski definition) is 1. The fraction of sp³-hybridized carbons (Fsp3) is 0.238. The lowest BCUT2D eigenvalue weighted by Gasteiger charge is -2.39. The summed E-state index contributed by atoms with van der Waals surface area (Å²) in [6, 6.07) is 11.6. The van der Waals surface area contributed by atoms with Crippen molar-refractivity contribution in [3.8, 4) is 6.07 Å². The number of Topliss-reactive ketones (excluding diaryl/α,β-unsaturated/α-hetero) is 1. The van der Waals surface area contributed by atoms with Gasteiger partial charge >= 0.3 is 0 Å². The molecular formula is C21H18ClN3OS. The summed E-state index contributed by atoms with van der Waals surface area (Å²) in [6.45, 7) is 2.01. The Morgan fingerprint density at radius 1 is 1.26 bits per heavy atom. The highest BCUT2D eigenvalue weighted by Crippen LogP contribution is 2.48. The minimum Gasteiger partial charge on any atom is -0.384 e. The molecule has 1 aliphatic heterocycles. The lowest BCUT2D eigenvalue weighted by Crippen LogP contribution is -2.38. The van der Waals surface area contributed by atoms with E-state index >= 15 is 0 Å². The molecule has 0 amide bonds. The van der Waals surface area contributed by atoms with Crippen LogP contribution in [0.1, 0.15) is 35.6 Å². The van der Waals surface area contributed by atoms with Crippen LogP contribution in [-0.4, -0.2) is 5.78 Å². The van der Waals surface area contributed by atoms with Gasteiger partial charge in [-0.3, -0.25) is 9.69 Å². The number of ketones is 1. The Labute approximate surface area is 167 Å². The second-order valence-corrected chi connectivity index (χ2v) is 8.14. The fourth-order valence-corrected chi connectivity index (χ4v) is 5.08. The Hall–Kier alpha value is -2.55. The molecule has 0 radical (unpaired) electrons. The van der Waals surface area contributed by atoms with Gasteiger partial charge in [0.2, 0.25) is 0 Å². The van der Waals surface area contributed by atoms with Crippen molar-refractivity contribution in [2.24, 2.45) is 5.73 Å². The number of nitrogens with two attached hydrogens (primary N) is 1. The molecule has 0 unspecified atom stereocenters. The molecule has 1 atom stereocenters. The number of aryl methyl sites for hydroxylation is 1. The van der Waals surface area contributed by atoms with E-state index in [1.807, 2.05) is 35.4 Å². The predicted octanol–water partition coefficient (Wildman–Crippen LogP) is 5.01. The topological polar surface area (TPSA) is 70.1 Å². The third kappa shape index (κ3) is 2.86. The molecule has 0 saturated heterocycles. The highest BCUT2D eigenvalue weighted by Gasteiger charge is 2.41. The van der Waals surface area contributed by atoms with E-state index in [1.165, 1.54) is 0 Å². The molecule has 27 heavy (non-hydrogen) atoms. The minimum atomic E-state index is -0.374. The normalized spacial score (nSPS) is 20.0. The monoisotopic (exact) mass is 395 g/mol.